The Kier molecular flexibility index (Phi) is 6.54. The van der Waals surface area contributed by atoms with Gasteiger partial charge in [0.15, 0.2) is 0 Å². The van der Waals surface area contributed by atoms with Crippen molar-refractivity contribution in [1.82, 2.24) is 20.0 Å². The molecule has 8 heteroatoms. The molecule has 0 radical (unpaired) electrons. The van der Waals surface area contributed by atoms with E-state index < -0.39 is 6.10 Å². The number of nitrogens with zero attached hydrogens (tertiary/aromatic N) is 3. The van der Waals surface area contributed by atoms with E-state index in [4.69, 9.17) is 5.11 Å². The minimum Gasteiger partial charge on any atom is -0.393 e. The van der Waals surface area contributed by atoms with E-state index >= 15 is 0 Å². The van der Waals surface area contributed by atoms with Gasteiger partial charge in [-0.05, 0) is 30.2 Å². The van der Waals surface area contributed by atoms with E-state index in [1.807, 2.05) is 10.7 Å². The van der Waals surface area contributed by atoms with E-state index in [9.17, 15) is 14.3 Å². The number of hydrogen-bond donors (Lipinski definition) is 3. The van der Waals surface area contributed by atoms with Crippen LogP contribution < -0.4 is 5.32 Å². The summed E-state index contributed by atoms with van der Waals surface area (Å²) in [5.41, 5.74) is 2.31. The second-order valence-corrected chi connectivity index (χ2v) is 6.76. The topological polar surface area (TPSA) is 90.6 Å². The van der Waals surface area contributed by atoms with Gasteiger partial charge in [-0.25, -0.2) is 4.39 Å². The number of aliphatic hydroxyl groups is 2. The number of aryl methyl sites for hydroxylation is 1. The highest BCUT2D eigenvalue weighted by Crippen LogP contribution is 2.18. The number of aromatic nitrogens is 2. The Morgan fingerprint density at radius 3 is 2.81 bits per heavy atom. The van der Waals surface area contributed by atoms with Crippen molar-refractivity contribution in [3.8, 4) is 0 Å². The molecule has 0 saturated heterocycles. The summed E-state index contributed by atoms with van der Waals surface area (Å²) in [5, 5.41) is 26.0. The Labute approximate surface area is 157 Å². The van der Waals surface area contributed by atoms with Crippen LogP contribution in [0.4, 0.5) is 4.39 Å². The van der Waals surface area contributed by atoms with Crippen LogP contribution in [0.3, 0.4) is 0 Å². The SMILES string of the molecule is O=C(CCN1CCCn2nc([C@H](O)CO)cc2C1)NCc1ccc(F)cc1. The largest absolute Gasteiger partial charge is 0.393 e. The molecule has 3 rings (SSSR count). The second kappa shape index (κ2) is 9.07. The Morgan fingerprint density at radius 2 is 2.07 bits per heavy atom. The molecule has 1 aliphatic rings. The summed E-state index contributed by atoms with van der Waals surface area (Å²) in [6.07, 6.45) is 0.317. The van der Waals surface area contributed by atoms with Gasteiger partial charge in [-0.3, -0.25) is 14.4 Å². The lowest BCUT2D eigenvalue weighted by Crippen LogP contribution is -2.30. The second-order valence-electron chi connectivity index (χ2n) is 6.76. The predicted octanol–water partition coefficient (Wildman–Crippen LogP) is 0.960. The fourth-order valence-electron chi connectivity index (χ4n) is 3.15. The normalized spacial score (nSPS) is 15.8. The molecule has 1 aromatic carbocycles. The molecule has 1 amide bonds. The highest BCUT2D eigenvalue weighted by atomic mass is 19.1. The number of benzene rings is 1. The molecule has 0 bridgehead atoms. The van der Waals surface area contributed by atoms with E-state index in [2.05, 4.69) is 15.3 Å². The van der Waals surface area contributed by atoms with Crippen molar-refractivity contribution in [1.29, 1.82) is 0 Å². The van der Waals surface area contributed by atoms with Crippen LogP contribution in [0.2, 0.25) is 0 Å². The number of aliphatic hydroxyl groups excluding tert-OH is 2. The first-order valence-electron chi connectivity index (χ1n) is 9.14. The monoisotopic (exact) mass is 376 g/mol. The van der Waals surface area contributed by atoms with Gasteiger partial charge >= 0.3 is 0 Å². The van der Waals surface area contributed by atoms with Crippen molar-refractivity contribution in [3.05, 3.63) is 53.1 Å². The first-order valence-corrected chi connectivity index (χ1v) is 9.14. The highest BCUT2D eigenvalue weighted by Gasteiger charge is 2.19. The maximum absolute atomic E-state index is 12.9. The third-order valence-corrected chi connectivity index (χ3v) is 4.68. The minimum absolute atomic E-state index is 0.0477. The van der Waals surface area contributed by atoms with Crippen molar-refractivity contribution in [2.24, 2.45) is 0 Å². The molecule has 1 aliphatic heterocycles. The zero-order valence-electron chi connectivity index (χ0n) is 15.1. The Bertz CT molecular complexity index is 763. The smallest absolute Gasteiger partial charge is 0.221 e. The van der Waals surface area contributed by atoms with Gasteiger partial charge in [-0.2, -0.15) is 5.10 Å². The lowest BCUT2D eigenvalue weighted by atomic mass is 10.2. The van der Waals surface area contributed by atoms with Crippen LogP contribution in [-0.4, -0.2) is 50.5 Å². The molecule has 0 unspecified atom stereocenters. The molecule has 2 aromatic rings. The van der Waals surface area contributed by atoms with Crippen LogP contribution >= 0.6 is 0 Å². The van der Waals surface area contributed by atoms with Gasteiger partial charge < -0.3 is 15.5 Å². The van der Waals surface area contributed by atoms with Crippen LogP contribution in [0, 0.1) is 5.82 Å². The summed E-state index contributed by atoms with van der Waals surface area (Å²) in [6, 6.07) is 7.88. The van der Waals surface area contributed by atoms with Crippen LogP contribution in [0.1, 0.15) is 35.9 Å². The van der Waals surface area contributed by atoms with Gasteiger partial charge in [0.1, 0.15) is 11.9 Å². The van der Waals surface area contributed by atoms with Crippen molar-refractivity contribution >= 4 is 5.91 Å². The molecule has 0 aliphatic carbocycles. The van der Waals surface area contributed by atoms with Gasteiger partial charge in [0.05, 0.1) is 18.0 Å². The Balaban J connectivity index is 1.48. The predicted molar refractivity (Wildman–Crippen MR) is 97.0 cm³/mol. The van der Waals surface area contributed by atoms with E-state index in [-0.39, 0.29) is 18.3 Å². The van der Waals surface area contributed by atoms with Gasteiger partial charge in [0.25, 0.3) is 0 Å². The molecule has 3 N–H and O–H groups in total. The standard InChI is InChI=1S/C19H25FN4O3/c20-15-4-2-14(3-5-15)11-21-19(27)6-9-23-7-1-8-24-16(12-23)10-17(22-24)18(26)13-25/h2-5,10,18,25-26H,1,6-9,11-13H2,(H,21,27)/t18-/m1/s1. The van der Waals surface area contributed by atoms with Gasteiger partial charge in [0.2, 0.25) is 5.91 Å². The van der Waals surface area contributed by atoms with E-state index in [1.54, 1.807) is 12.1 Å². The highest BCUT2D eigenvalue weighted by molar-refractivity contribution is 5.76. The molecule has 0 spiro atoms. The summed E-state index contributed by atoms with van der Waals surface area (Å²) in [7, 11) is 0. The summed E-state index contributed by atoms with van der Waals surface area (Å²) in [6.45, 7) is 2.92. The summed E-state index contributed by atoms with van der Waals surface area (Å²) in [5.74, 6) is -0.339. The molecule has 2 heterocycles. The summed E-state index contributed by atoms with van der Waals surface area (Å²) in [4.78, 5) is 14.3. The molecular weight excluding hydrogens is 351 g/mol. The number of rotatable bonds is 7. The van der Waals surface area contributed by atoms with E-state index in [0.29, 0.717) is 31.7 Å². The van der Waals surface area contributed by atoms with Crippen LogP contribution in [0.25, 0.3) is 0 Å². The molecular formula is C19H25FN4O3. The number of fused-ring (bicyclic) bond motifs is 1. The minimum atomic E-state index is -0.963. The van der Waals surface area contributed by atoms with Crippen LogP contribution in [0.5, 0.6) is 0 Å². The number of halogens is 1. The maximum atomic E-state index is 12.9. The molecule has 1 atom stereocenters. The van der Waals surface area contributed by atoms with Crippen LogP contribution in [0.15, 0.2) is 30.3 Å². The number of nitrogens with one attached hydrogen (secondary N) is 1. The summed E-state index contributed by atoms with van der Waals surface area (Å²) < 4.78 is 14.8. The van der Waals surface area contributed by atoms with Gasteiger partial charge in [-0.15, -0.1) is 0 Å². The van der Waals surface area contributed by atoms with Gasteiger partial charge in [-0.1, -0.05) is 12.1 Å². The van der Waals surface area contributed by atoms with Crippen molar-refractivity contribution in [2.75, 3.05) is 19.7 Å². The zero-order chi connectivity index (χ0) is 19.2. The lowest BCUT2D eigenvalue weighted by molar-refractivity contribution is -0.121. The zero-order valence-corrected chi connectivity index (χ0v) is 15.1. The quantitative estimate of drug-likeness (QED) is 0.670. The number of hydrogen-bond acceptors (Lipinski definition) is 5. The number of carbonyl (C=O) groups is 1. The van der Waals surface area contributed by atoms with Crippen molar-refractivity contribution in [3.63, 3.8) is 0 Å². The molecule has 0 saturated carbocycles. The van der Waals surface area contributed by atoms with Crippen molar-refractivity contribution in [2.45, 2.75) is 38.6 Å². The fourth-order valence-corrected chi connectivity index (χ4v) is 3.15. The molecule has 7 nitrogen and oxygen atoms in total. The van der Waals surface area contributed by atoms with E-state index in [1.165, 1.54) is 12.1 Å². The van der Waals surface area contributed by atoms with Gasteiger partial charge in [0, 0.05) is 39.1 Å². The Hall–Kier alpha value is -2.29. The first kappa shape index (κ1) is 19.5. The third-order valence-electron chi connectivity index (χ3n) is 4.68. The third kappa shape index (κ3) is 5.35. The number of carbonyl (C=O) groups excluding carboxylic acids is 1. The summed E-state index contributed by atoms with van der Waals surface area (Å²) >= 11 is 0. The van der Waals surface area contributed by atoms with Crippen molar-refractivity contribution < 1.29 is 19.4 Å². The Morgan fingerprint density at radius 1 is 1.30 bits per heavy atom. The molecule has 1 aromatic heterocycles. The molecule has 0 fully saturated rings. The maximum Gasteiger partial charge on any atom is 0.221 e. The van der Waals surface area contributed by atoms with E-state index in [0.717, 1.165) is 30.8 Å². The van der Waals surface area contributed by atoms with Crippen LogP contribution in [-0.2, 0) is 24.4 Å². The first-order chi connectivity index (χ1) is 13.0. The molecule has 146 valence electrons. The number of amides is 1. The fraction of sp³-hybridized carbons (Fsp3) is 0.474. The lowest BCUT2D eigenvalue weighted by Gasteiger charge is -2.19. The average molecular weight is 376 g/mol. The molecule has 27 heavy (non-hydrogen) atoms. The average Bonchev–Trinajstić information content (AvgIpc) is 2.97.